The number of hydrogen-bond donors (Lipinski definition) is 1. The Bertz CT molecular complexity index is 300. The molecular formula is C16H29F3N2. The zero-order valence-electron chi connectivity index (χ0n) is 13.1. The number of nitrogens with one attached hydrogen (secondary N) is 1. The average molecular weight is 306 g/mol. The molecule has 2 atom stereocenters. The molecule has 5 heteroatoms. The van der Waals surface area contributed by atoms with Gasteiger partial charge in [0.15, 0.2) is 0 Å². The Hall–Kier alpha value is -0.290. The van der Waals surface area contributed by atoms with Crippen LogP contribution in [0.25, 0.3) is 0 Å². The van der Waals surface area contributed by atoms with E-state index in [0.717, 1.165) is 51.5 Å². The first-order valence-electron chi connectivity index (χ1n) is 8.57. The van der Waals surface area contributed by atoms with Gasteiger partial charge < -0.3 is 5.32 Å². The molecule has 0 aromatic heterocycles. The van der Waals surface area contributed by atoms with E-state index in [1.807, 2.05) is 0 Å². The first-order valence-corrected chi connectivity index (χ1v) is 8.57. The van der Waals surface area contributed by atoms with Gasteiger partial charge in [-0.05, 0) is 38.6 Å². The van der Waals surface area contributed by atoms with Gasteiger partial charge in [0.2, 0.25) is 0 Å². The number of rotatable bonds is 6. The van der Waals surface area contributed by atoms with E-state index in [1.54, 1.807) is 4.90 Å². The summed E-state index contributed by atoms with van der Waals surface area (Å²) in [6.07, 6.45) is 5.35. The van der Waals surface area contributed by atoms with Crippen molar-refractivity contribution < 1.29 is 13.2 Å². The number of nitrogens with zero attached hydrogens (tertiary/aromatic N) is 1. The summed E-state index contributed by atoms with van der Waals surface area (Å²) in [6, 6.07) is 0.459. The van der Waals surface area contributed by atoms with Crippen molar-refractivity contribution in [3.8, 4) is 0 Å². The smallest absolute Gasteiger partial charge is 0.312 e. The first-order chi connectivity index (χ1) is 10.0. The van der Waals surface area contributed by atoms with Crippen LogP contribution in [0.2, 0.25) is 0 Å². The maximum absolute atomic E-state index is 12.9. The summed E-state index contributed by atoms with van der Waals surface area (Å²) in [4.78, 5) is 1.78. The van der Waals surface area contributed by atoms with Crippen molar-refractivity contribution in [3.05, 3.63) is 0 Å². The quantitative estimate of drug-likeness (QED) is 0.794. The van der Waals surface area contributed by atoms with Crippen molar-refractivity contribution in [2.45, 2.75) is 89.0 Å². The topological polar surface area (TPSA) is 15.3 Å². The minimum atomic E-state index is -4.08. The van der Waals surface area contributed by atoms with Gasteiger partial charge in [0.25, 0.3) is 0 Å². The lowest BCUT2D eigenvalue weighted by Crippen LogP contribution is -2.54. The lowest BCUT2D eigenvalue weighted by atomic mass is 9.90. The predicted molar refractivity (Wildman–Crippen MR) is 79.4 cm³/mol. The highest BCUT2D eigenvalue weighted by Gasteiger charge is 2.43. The molecule has 0 radical (unpaired) electrons. The Balaban J connectivity index is 2.06. The highest BCUT2D eigenvalue weighted by molar-refractivity contribution is 4.95. The molecule has 2 rings (SSSR count). The number of halogens is 3. The van der Waals surface area contributed by atoms with Crippen molar-refractivity contribution in [1.29, 1.82) is 0 Å². The zero-order valence-corrected chi connectivity index (χ0v) is 13.1. The molecule has 0 heterocycles. The van der Waals surface area contributed by atoms with Crippen molar-refractivity contribution >= 4 is 0 Å². The minimum absolute atomic E-state index is 0.0611. The molecule has 0 aliphatic heterocycles. The molecule has 0 saturated heterocycles. The Morgan fingerprint density at radius 2 is 1.67 bits per heavy atom. The van der Waals surface area contributed by atoms with E-state index in [9.17, 15) is 13.2 Å². The second-order valence-corrected chi connectivity index (χ2v) is 6.64. The van der Waals surface area contributed by atoms with Crippen LogP contribution in [-0.4, -0.2) is 42.3 Å². The molecule has 2 unspecified atom stereocenters. The lowest BCUT2D eigenvalue weighted by Gasteiger charge is -2.39. The Labute approximate surface area is 126 Å². The predicted octanol–water partition coefficient (Wildman–Crippen LogP) is 4.10. The van der Waals surface area contributed by atoms with Crippen molar-refractivity contribution in [1.82, 2.24) is 10.2 Å². The van der Waals surface area contributed by atoms with E-state index in [0.29, 0.717) is 0 Å². The third kappa shape index (κ3) is 5.78. The highest BCUT2D eigenvalue weighted by atomic mass is 19.4. The van der Waals surface area contributed by atoms with Crippen LogP contribution < -0.4 is 5.32 Å². The zero-order chi connectivity index (χ0) is 15.3. The molecule has 2 aliphatic carbocycles. The molecule has 2 nitrogen and oxygen atoms in total. The maximum Gasteiger partial charge on any atom is 0.401 e. The second kappa shape index (κ2) is 7.82. The molecular weight excluding hydrogens is 277 g/mol. The summed E-state index contributed by atoms with van der Waals surface area (Å²) in [5, 5.41) is 3.53. The highest BCUT2D eigenvalue weighted by Crippen LogP contribution is 2.35. The summed E-state index contributed by atoms with van der Waals surface area (Å²) >= 11 is 0. The Morgan fingerprint density at radius 3 is 2.24 bits per heavy atom. The van der Waals surface area contributed by atoms with E-state index in [1.165, 1.54) is 12.8 Å². The van der Waals surface area contributed by atoms with Crippen molar-refractivity contribution in [2.24, 2.45) is 0 Å². The summed E-state index contributed by atoms with van der Waals surface area (Å²) in [5.41, 5.74) is 0. The third-order valence-corrected chi connectivity index (χ3v) is 4.69. The normalized spacial score (nSPS) is 28.4. The van der Waals surface area contributed by atoms with Crippen molar-refractivity contribution in [2.75, 3.05) is 13.1 Å². The minimum Gasteiger partial charge on any atom is -0.312 e. The number of hydrogen-bond acceptors (Lipinski definition) is 2. The van der Waals surface area contributed by atoms with E-state index >= 15 is 0 Å². The van der Waals surface area contributed by atoms with Crippen LogP contribution in [0, 0.1) is 0 Å². The van der Waals surface area contributed by atoms with Gasteiger partial charge in [-0.15, -0.1) is 0 Å². The van der Waals surface area contributed by atoms with Crippen LogP contribution >= 0.6 is 0 Å². The van der Waals surface area contributed by atoms with Gasteiger partial charge in [0, 0.05) is 18.1 Å². The molecule has 0 bridgehead atoms. The van der Waals surface area contributed by atoms with E-state index in [-0.39, 0.29) is 18.1 Å². The molecule has 2 fully saturated rings. The fourth-order valence-electron chi connectivity index (χ4n) is 3.56. The fraction of sp³-hybridized carbons (Fsp3) is 1.00. The molecule has 0 amide bonds. The Morgan fingerprint density at radius 1 is 1.00 bits per heavy atom. The molecule has 124 valence electrons. The molecule has 2 aliphatic rings. The summed E-state index contributed by atoms with van der Waals surface area (Å²) in [6.45, 7) is 2.29. The van der Waals surface area contributed by atoms with Crippen LogP contribution in [0.3, 0.4) is 0 Å². The molecule has 21 heavy (non-hydrogen) atoms. The molecule has 2 saturated carbocycles. The number of alkyl halides is 3. The second-order valence-electron chi connectivity index (χ2n) is 6.64. The standard InChI is InChI=1S/C16H29F3N2/c1-2-11-20-14-7-5-3-4-6-8-15(14)21(13-9-10-13)12-16(17,18)19/h13-15,20H,2-12H2,1H3. The van der Waals surface area contributed by atoms with Crippen LogP contribution in [0.1, 0.15) is 64.7 Å². The molecule has 0 spiro atoms. The van der Waals surface area contributed by atoms with E-state index < -0.39 is 12.7 Å². The van der Waals surface area contributed by atoms with Gasteiger partial charge >= 0.3 is 6.18 Å². The third-order valence-electron chi connectivity index (χ3n) is 4.69. The van der Waals surface area contributed by atoms with Gasteiger partial charge in [-0.1, -0.05) is 32.6 Å². The summed E-state index contributed by atoms with van der Waals surface area (Å²) in [7, 11) is 0. The van der Waals surface area contributed by atoms with Gasteiger partial charge in [0.1, 0.15) is 0 Å². The fourth-order valence-corrected chi connectivity index (χ4v) is 3.56. The molecule has 0 aromatic carbocycles. The van der Waals surface area contributed by atoms with Gasteiger partial charge in [-0.25, -0.2) is 0 Å². The monoisotopic (exact) mass is 306 g/mol. The van der Waals surface area contributed by atoms with E-state index in [4.69, 9.17) is 0 Å². The summed E-state index contributed by atoms with van der Waals surface area (Å²) in [5.74, 6) is 0. The largest absolute Gasteiger partial charge is 0.401 e. The maximum atomic E-state index is 12.9. The molecule has 0 aromatic rings. The van der Waals surface area contributed by atoms with Crippen LogP contribution in [-0.2, 0) is 0 Å². The van der Waals surface area contributed by atoms with Crippen LogP contribution in [0.5, 0.6) is 0 Å². The molecule has 1 N–H and O–H groups in total. The Kier molecular flexibility index (Phi) is 6.35. The summed E-state index contributed by atoms with van der Waals surface area (Å²) < 4.78 is 38.8. The van der Waals surface area contributed by atoms with Crippen LogP contribution in [0.4, 0.5) is 13.2 Å². The van der Waals surface area contributed by atoms with Gasteiger partial charge in [-0.2, -0.15) is 13.2 Å². The average Bonchev–Trinajstić information content (AvgIpc) is 3.19. The first kappa shape index (κ1) is 17.1. The van der Waals surface area contributed by atoms with E-state index in [2.05, 4.69) is 12.2 Å². The van der Waals surface area contributed by atoms with Crippen LogP contribution in [0.15, 0.2) is 0 Å². The van der Waals surface area contributed by atoms with Crippen molar-refractivity contribution in [3.63, 3.8) is 0 Å². The van der Waals surface area contributed by atoms with Gasteiger partial charge in [-0.3, -0.25) is 4.90 Å². The lowest BCUT2D eigenvalue weighted by molar-refractivity contribution is -0.154. The van der Waals surface area contributed by atoms with Gasteiger partial charge in [0.05, 0.1) is 6.54 Å². The SMILES string of the molecule is CCCNC1CCCCCCC1N(CC(F)(F)F)C1CC1.